The molecule has 0 saturated carbocycles. The molecule has 7 heteroatoms. The first-order chi connectivity index (χ1) is 18.5. The highest BCUT2D eigenvalue weighted by molar-refractivity contribution is 6.30. The Kier molecular flexibility index (Phi) is 9.62. The van der Waals surface area contributed by atoms with Gasteiger partial charge in [0.1, 0.15) is 5.41 Å². The number of allylic oxidation sites excluding steroid dienone is 1. The monoisotopic (exact) mass is 536 g/mol. The number of nitrogens with one attached hydrogen (secondary N) is 1. The molecule has 2 atom stereocenters. The lowest BCUT2D eigenvalue weighted by Crippen LogP contribution is -2.41. The summed E-state index contributed by atoms with van der Waals surface area (Å²) in [6.07, 6.45) is 8.41. The van der Waals surface area contributed by atoms with E-state index in [1.807, 2.05) is 48.5 Å². The number of unbranched alkanes of at least 4 members (excludes halogenated alkanes) is 1. The summed E-state index contributed by atoms with van der Waals surface area (Å²) in [5.41, 5.74) is 1.92. The quantitative estimate of drug-likeness (QED) is 0.304. The summed E-state index contributed by atoms with van der Waals surface area (Å²) in [5.74, 6) is -1.56. The van der Waals surface area contributed by atoms with E-state index < -0.39 is 17.3 Å². The van der Waals surface area contributed by atoms with Gasteiger partial charge < -0.3 is 15.0 Å². The number of hydrogen-bond acceptors (Lipinski definition) is 4. The smallest absolute Gasteiger partial charge is 0.318 e. The summed E-state index contributed by atoms with van der Waals surface area (Å²) in [4.78, 5) is 42.0. The molecule has 202 valence electrons. The lowest BCUT2D eigenvalue weighted by Gasteiger charge is -2.31. The van der Waals surface area contributed by atoms with Gasteiger partial charge in [-0.05, 0) is 68.2 Å². The first-order valence-electron chi connectivity index (χ1n) is 13.6. The Morgan fingerprint density at radius 1 is 1.03 bits per heavy atom. The van der Waals surface area contributed by atoms with Gasteiger partial charge in [0.05, 0.1) is 13.0 Å². The van der Waals surface area contributed by atoms with Crippen molar-refractivity contribution in [3.63, 3.8) is 0 Å². The number of aryl methyl sites for hydroxylation is 1. The topological polar surface area (TPSA) is 75.7 Å². The predicted molar refractivity (Wildman–Crippen MR) is 148 cm³/mol. The number of fused-ring (bicyclic) bond motifs is 1. The number of likely N-dealkylation sites (tertiary alicyclic amines) is 1. The summed E-state index contributed by atoms with van der Waals surface area (Å²) in [6, 6.07) is 17.8. The van der Waals surface area contributed by atoms with Crippen LogP contribution >= 0.6 is 11.6 Å². The minimum absolute atomic E-state index is 0.0264. The fourth-order valence-corrected chi connectivity index (χ4v) is 5.94. The van der Waals surface area contributed by atoms with Gasteiger partial charge in [0.2, 0.25) is 11.8 Å². The molecule has 38 heavy (non-hydrogen) atoms. The second kappa shape index (κ2) is 13.1. The zero-order valence-electron chi connectivity index (χ0n) is 22.1. The lowest BCUT2D eigenvalue weighted by atomic mass is 9.71. The summed E-state index contributed by atoms with van der Waals surface area (Å²) in [6.45, 7) is 0.976. The third kappa shape index (κ3) is 6.29. The van der Waals surface area contributed by atoms with Crippen molar-refractivity contribution in [2.75, 3.05) is 20.2 Å². The Bertz CT molecular complexity index is 1150. The number of hydrogen-bond donors (Lipinski definition) is 1. The third-order valence-corrected chi connectivity index (χ3v) is 8.06. The number of amides is 2. The van der Waals surface area contributed by atoms with Crippen molar-refractivity contribution in [2.24, 2.45) is 11.3 Å². The highest BCUT2D eigenvalue weighted by atomic mass is 35.5. The summed E-state index contributed by atoms with van der Waals surface area (Å²) < 4.78 is 5.28. The molecule has 1 fully saturated rings. The highest BCUT2D eigenvalue weighted by Gasteiger charge is 2.61. The second-order valence-electron chi connectivity index (χ2n) is 10.2. The normalized spacial score (nSPS) is 20.9. The molecule has 6 nitrogen and oxygen atoms in total. The van der Waals surface area contributed by atoms with E-state index in [9.17, 15) is 14.4 Å². The van der Waals surface area contributed by atoms with E-state index in [4.69, 9.17) is 16.3 Å². The molecule has 1 aliphatic carbocycles. The van der Waals surface area contributed by atoms with Crippen LogP contribution in [0.1, 0.15) is 56.1 Å². The molecule has 1 saturated heterocycles. The van der Waals surface area contributed by atoms with Gasteiger partial charge in [-0.3, -0.25) is 14.4 Å². The Balaban J connectivity index is 1.45. The van der Waals surface area contributed by atoms with Crippen molar-refractivity contribution in [3.8, 4) is 0 Å². The number of methoxy groups -OCH3 is 1. The number of benzene rings is 2. The molecule has 1 N–H and O–H groups in total. The van der Waals surface area contributed by atoms with Crippen LogP contribution in [0.3, 0.4) is 0 Å². The van der Waals surface area contributed by atoms with Gasteiger partial charge in [-0.2, -0.15) is 0 Å². The molecule has 2 aromatic carbocycles. The Morgan fingerprint density at radius 2 is 1.76 bits per heavy atom. The number of halogens is 1. The number of nitrogens with zero attached hydrogens (tertiary/aromatic N) is 1. The zero-order valence-corrected chi connectivity index (χ0v) is 22.8. The van der Waals surface area contributed by atoms with E-state index in [0.717, 1.165) is 44.1 Å². The van der Waals surface area contributed by atoms with E-state index in [-0.39, 0.29) is 18.2 Å². The van der Waals surface area contributed by atoms with Crippen LogP contribution < -0.4 is 5.32 Å². The van der Waals surface area contributed by atoms with Crippen LogP contribution in [0.4, 0.5) is 0 Å². The van der Waals surface area contributed by atoms with Crippen molar-refractivity contribution in [3.05, 3.63) is 82.5 Å². The van der Waals surface area contributed by atoms with E-state index in [1.165, 1.54) is 12.7 Å². The van der Waals surface area contributed by atoms with Gasteiger partial charge in [-0.1, -0.05) is 66.6 Å². The fraction of sp³-hybridized carbons (Fsp3) is 0.452. The Labute approximate surface area is 230 Å². The summed E-state index contributed by atoms with van der Waals surface area (Å²) >= 11 is 6.03. The lowest BCUT2D eigenvalue weighted by molar-refractivity contribution is -0.155. The van der Waals surface area contributed by atoms with Crippen LogP contribution in [-0.2, 0) is 32.0 Å². The van der Waals surface area contributed by atoms with Gasteiger partial charge >= 0.3 is 5.97 Å². The SMILES string of the molecule is COC(=O)[C@@]12CCCCC=C1N(CCc1ccc(Cl)cc1)C(=O)[C@H]2CC(=O)NCCCCc1ccccc1. The second-order valence-corrected chi connectivity index (χ2v) is 10.7. The van der Waals surface area contributed by atoms with Gasteiger partial charge in [0.25, 0.3) is 0 Å². The molecule has 4 rings (SSSR count). The fourth-order valence-electron chi connectivity index (χ4n) is 5.82. The minimum Gasteiger partial charge on any atom is -0.468 e. The van der Waals surface area contributed by atoms with Crippen LogP contribution in [0.25, 0.3) is 0 Å². The van der Waals surface area contributed by atoms with Crippen LogP contribution in [0.15, 0.2) is 66.4 Å². The largest absolute Gasteiger partial charge is 0.468 e. The standard InChI is InChI=1S/C31H37ClN2O4/c1-38-30(37)31-19-8-3-6-13-27(31)34(21-18-24-14-16-25(32)17-15-24)29(36)26(31)22-28(35)33-20-9-7-12-23-10-4-2-5-11-23/h2,4-5,10-11,13-17,26H,3,6-9,12,18-22H2,1H3,(H,33,35)/t26-,31-/m1/s1. The van der Waals surface area contributed by atoms with E-state index >= 15 is 0 Å². The molecule has 0 radical (unpaired) electrons. The first-order valence-corrected chi connectivity index (χ1v) is 14.0. The minimum atomic E-state index is -1.12. The predicted octanol–water partition coefficient (Wildman–Crippen LogP) is 5.49. The third-order valence-electron chi connectivity index (χ3n) is 7.80. The average Bonchev–Trinajstić information content (AvgIpc) is 3.05. The number of carbonyl (C=O) groups excluding carboxylic acids is 3. The molecular formula is C31H37ClN2O4. The van der Waals surface area contributed by atoms with Crippen molar-refractivity contribution in [1.29, 1.82) is 0 Å². The molecule has 2 aliphatic rings. The Morgan fingerprint density at radius 3 is 2.50 bits per heavy atom. The van der Waals surface area contributed by atoms with E-state index in [0.29, 0.717) is 36.7 Å². The van der Waals surface area contributed by atoms with Crippen molar-refractivity contribution >= 4 is 29.4 Å². The molecule has 0 bridgehead atoms. The van der Waals surface area contributed by atoms with Gasteiger partial charge in [0.15, 0.2) is 0 Å². The van der Waals surface area contributed by atoms with Crippen molar-refractivity contribution < 1.29 is 19.1 Å². The number of carbonyl (C=O) groups is 3. The van der Waals surface area contributed by atoms with Gasteiger partial charge in [-0.15, -0.1) is 0 Å². The number of rotatable bonds is 11. The zero-order chi connectivity index (χ0) is 27.0. The summed E-state index contributed by atoms with van der Waals surface area (Å²) in [7, 11) is 1.37. The van der Waals surface area contributed by atoms with Gasteiger partial charge in [0, 0.05) is 30.2 Å². The highest BCUT2D eigenvalue weighted by Crippen LogP contribution is 2.53. The molecule has 1 heterocycles. The van der Waals surface area contributed by atoms with Crippen LogP contribution in [0.5, 0.6) is 0 Å². The molecule has 0 spiro atoms. The van der Waals surface area contributed by atoms with Crippen LogP contribution in [0.2, 0.25) is 5.02 Å². The number of esters is 1. The molecule has 1 aliphatic heterocycles. The van der Waals surface area contributed by atoms with E-state index in [1.54, 1.807) is 4.90 Å². The molecule has 0 aromatic heterocycles. The first kappa shape index (κ1) is 27.9. The molecule has 2 amide bonds. The molecule has 2 aromatic rings. The van der Waals surface area contributed by atoms with Crippen LogP contribution in [0, 0.1) is 11.3 Å². The molecular weight excluding hydrogens is 500 g/mol. The maximum Gasteiger partial charge on any atom is 0.318 e. The van der Waals surface area contributed by atoms with E-state index in [2.05, 4.69) is 17.4 Å². The van der Waals surface area contributed by atoms with Gasteiger partial charge in [-0.25, -0.2) is 0 Å². The van der Waals surface area contributed by atoms with Crippen LogP contribution in [-0.4, -0.2) is 42.9 Å². The average molecular weight is 537 g/mol. The maximum atomic E-state index is 13.8. The molecule has 0 unspecified atom stereocenters. The maximum absolute atomic E-state index is 13.8. The van der Waals surface area contributed by atoms with Crippen molar-refractivity contribution in [1.82, 2.24) is 10.2 Å². The Hall–Kier alpha value is -3.12. The number of ether oxygens (including phenoxy) is 1. The van der Waals surface area contributed by atoms with Crippen molar-refractivity contribution in [2.45, 2.75) is 57.8 Å². The summed E-state index contributed by atoms with van der Waals surface area (Å²) in [5, 5.41) is 3.65.